The lowest BCUT2D eigenvalue weighted by molar-refractivity contribution is -0.137. The molecule has 0 aliphatic rings. The summed E-state index contributed by atoms with van der Waals surface area (Å²) >= 11 is 6.36. The third-order valence-corrected chi connectivity index (χ3v) is 2.97. The molecule has 0 saturated carbocycles. The van der Waals surface area contributed by atoms with Crippen LogP contribution in [0.2, 0.25) is 5.02 Å². The van der Waals surface area contributed by atoms with E-state index in [9.17, 15) is 18.0 Å². The van der Waals surface area contributed by atoms with Gasteiger partial charge < -0.3 is 5.73 Å². The largest absolute Gasteiger partial charge is 0.417 e. The van der Waals surface area contributed by atoms with Gasteiger partial charge in [0, 0.05) is 4.90 Å². The van der Waals surface area contributed by atoms with E-state index in [1.807, 2.05) is 0 Å². The van der Waals surface area contributed by atoms with Crippen LogP contribution in [0.25, 0.3) is 0 Å². The fourth-order valence-electron chi connectivity index (χ4n) is 0.966. The highest BCUT2D eigenvalue weighted by molar-refractivity contribution is 8.00. The monoisotopic (exact) mass is 269 g/mol. The normalized spacial score (nSPS) is 11.5. The number of thioether (sulfide) groups is 1. The molecule has 0 unspecified atom stereocenters. The van der Waals surface area contributed by atoms with E-state index in [0.29, 0.717) is 4.90 Å². The van der Waals surface area contributed by atoms with Gasteiger partial charge in [0.05, 0.1) is 16.3 Å². The molecular weight excluding hydrogens is 263 g/mol. The molecule has 0 radical (unpaired) electrons. The van der Waals surface area contributed by atoms with Gasteiger partial charge in [-0.2, -0.15) is 13.2 Å². The predicted octanol–water partition coefficient (Wildman–Crippen LogP) is 2.94. The molecule has 0 bridgehead atoms. The molecule has 0 aromatic heterocycles. The van der Waals surface area contributed by atoms with Crippen molar-refractivity contribution in [3.8, 4) is 0 Å². The Morgan fingerprint density at radius 3 is 2.56 bits per heavy atom. The highest BCUT2D eigenvalue weighted by atomic mass is 35.5. The number of amides is 1. The Hall–Kier alpha value is -0.880. The minimum Gasteiger partial charge on any atom is -0.369 e. The van der Waals surface area contributed by atoms with E-state index in [1.165, 1.54) is 6.07 Å². The van der Waals surface area contributed by atoms with Crippen LogP contribution in [-0.4, -0.2) is 11.7 Å². The van der Waals surface area contributed by atoms with Crippen LogP contribution in [0, 0.1) is 0 Å². The van der Waals surface area contributed by atoms with Crippen molar-refractivity contribution in [1.29, 1.82) is 0 Å². The molecule has 1 aromatic carbocycles. The quantitative estimate of drug-likeness (QED) is 0.858. The van der Waals surface area contributed by atoms with Crippen molar-refractivity contribution in [2.24, 2.45) is 5.73 Å². The number of nitrogens with two attached hydrogens (primary N) is 1. The zero-order chi connectivity index (χ0) is 12.3. The van der Waals surface area contributed by atoms with E-state index in [0.717, 1.165) is 23.9 Å². The lowest BCUT2D eigenvalue weighted by Gasteiger charge is -2.10. The maximum Gasteiger partial charge on any atom is 0.417 e. The molecular formula is C9H7ClF3NOS. The van der Waals surface area contributed by atoms with Gasteiger partial charge in [-0.15, -0.1) is 11.8 Å². The summed E-state index contributed by atoms with van der Waals surface area (Å²) < 4.78 is 37.3. The summed E-state index contributed by atoms with van der Waals surface area (Å²) in [6.07, 6.45) is -4.50. The van der Waals surface area contributed by atoms with Gasteiger partial charge in [0.1, 0.15) is 0 Å². The number of carbonyl (C=O) groups is 1. The molecule has 0 fully saturated rings. The van der Waals surface area contributed by atoms with Gasteiger partial charge in [-0.3, -0.25) is 4.79 Å². The van der Waals surface area contributed by atoms with Crippen LogP contribution < -0.4 is 5.73 Å². The lowest BCUT2D eigenvalue weighted by atomic mass is 10.2. The highest BCUT2D eigenvalue weighted by Gasteiger charge is 2.33. The van der Waals surface area contributed by atoms with Crippen LogP contribution in [0.3, 0.4) is 0 Å². The number of rotatable bonds is 3. The molecule has 0 aliphatic carbocycles. The summed E-state index contributed by atoms with van der Waals surface area (Å²) in [5.41, 5.74) is 3.97. The lowest BCUT2D eigenvalue weighted by Crippen LogP contribution is -2.13. The smallest absolute Gasteiger partial charge is 0.369 e. The van der Waals surface area contributed by atoms with Crippen LogP contribution in [0.15, 0.2) is 23.1 Å². The molecule has 0 spiro atoms. The standard InChI is InChI=1S/C9H7ClF3NOS/c10-7-2-1-5(16-4-8(14)15)3-6(7)9(11,12)13/h1-3H,4H2,(H2,14,15). The first-order valence-corrected chi connectivity index (χ1v) is 5.45. The molecule has 7 heteroatoms. The first-order chi connectivity index (χ1) is 7.30. The number of hydrogen-bond acceptors (Lipinski definition) is 2. The summed E-state index contributed by atoms with van der Waals surface area (Å²) in [6, 6.07) is 3.45. The summed E-state index contributed by atoms with van der Waals surface area (Å²) in [6.45, 7) is 0. The molecule has 2 nitrogen and oxygen atoms in total. The topological polar surface area (TPSA) is 43.1 Å². The number of primary amides is 1. The van der Waals surface area contributed by atoms with E-state index in [4.69, 9.17) is 17.3 Å². The van der Waals surface area contributed by atoms with Crippen molar-refractivity contribution in [1.82, 2.24) is 0 Å². The fraction of sp³-hybridized carbons (Fsp3) is 0.222. The Kier molecular flexibility index (Phi) is 4.09. The van der Waals surface area contributed by atoms with Crippen molar-refractivity contribution in [2.45, 2.75) is 11.1 Å². The van der Waals surface area contributed by atoms with Crippen molar-refractivity contribution < 1.29 is 18.0 Å². The SMILES string of the molecule is NC(=O)CSc1ccc(Cl)c(C(F)(F)F)c1. The van der Waals surface area contributed by atoms with Crippen LogP contribution in [0.5, 0.6) is 0 Å². The van der Waals surface area contributed by atoms with E-state index in [1.54, 1.807) is 0 Å². The Morgan fingerprint density at radius 1 is 1.44 bits per heavy atom. The van der Waals surface area contributed by atoms with E-state index in [2.05, 4.69) is 0 Å². The van der Waals surface area contributed by atoms with E-state index in [-0.39, 0.29) is 10.8 Å². The third kappa shape index (κ3) is 3.61. The molecule has 16 heavy (non-hydrogen) atoms. The van der Waals surface area contributed by atoms with Gasteiger partial charge in [0.2, 0.25) is 5.91 Å². The van der Waals surface area contributed by atoms with Crippen LogP contribution >= 0.6 is 23.4 Å². The minimum atomic E-state index is -4.50. The van der Waals surface area contributed by atoms with Crippen molar-refractivity contribution in [3.63, 3.8) is 0 Å². The average Bonchev–Trinajstić information content (AvgIpc) is 2.14. The predicted molar refractivity (Wildman–Crippen MR) is 56.4 cm³/mol. The number of alkyl halides is 3. The molecule has 0 aliphatic heterocycles. The summed E-state index contributed by atoms with van der Waals surface area (Å²) in [5.74, 6) is -0.660. The molecule has 1 aromatic rings. The van der Waals surface area contributed by atoms with Gasteiger partial charge >= 0.3 is 6.18 Å². The van der Waals surface area contributed by atoms with E-state index < -0.39 is 17.6 Å². The van der Waals surface area contributed by atoms with Gasteiger partial charge in [0.15, 0.2) is 0 Å². The van der Waals surface area contributed by atoms with Gasteiger partial charge in [-0.1, -0.05) is 11.6 Å². The molecule has 0 atom stereocenters. The fourth-order valence-corrected chi connectivity index (χ4v) is 1.86. The Balaban J connectivity index is 2.94. The Morgan fingerprint density at radius 2 is 2.06 bits per heavy atom. The third-order valence-electron chi connectivity index (χ3n) is 1.62. The molecule has 2 N–H and O–H groups in total. The van der Waals surface area contributed by atoms with Gasteiger partial charge in [-0.05, 0) is 18.2 Å². The summed E-state index contributed by atoms with van der Waals surface area (Å²) in [7, 11) is 0. The van der Waals surface area contributed by atoms with Crippen LogP contribution in [0.4, 0.5) is 13.2 Å². The van der Waals surface area contributed by atoms with Gasteiger partial charge in [0.25, 0.3) is 0 Å². The number of carbonyl (C=O) groups excluding carboxylic acids is 1. The second-order valence-corrected chi connectivity index (χ2v) is 4.35. The zero-order valence-electron chi connectivity index (χ0n) is 7.84. The van der Waals surface area contributed by atoms with Gasteiger partial charge in [-0.25, -0.2) is 0 Å². The maximum atomic E-state index is 12.4. The Labute approximate surface area is 99.0 Å². The molecule has 0 saturated heterocycles. The van der Waals surface area contributed by atoms with Crippen LogP contribution in [0.1, 0.15) is 5.56 Å². The van der Waals surface area contributed by atoms with Crippen molar-refractivity contribution >= 4 is 29.3 Å². The number of benzene rings is 1. The van der Waals surface area contributed by atoms with Crippen molar-refractivity contribution in [3.05, 3.63) is 28.8 Å². The molecule has 1 rings (SSSR count). The molecule has 1 amide bonds. The van der Waals surface area contributed by atoms with Crippen molar-refractivity contribution in [2.75, 3.05) is 5.75 Å². The summed E-state index contributed by atoms with van der Waals surface area (Å²) in [4.78, 5) is 10.8. The Bertz CT molecular complexity index is 408. The number of halogens is 4. The maximum absolute atomic E-state index is 12.4. The summed E-state index contributed by atoms with van der Waals surface area (Å²) in [5, 5.41) is -0.365. The van der Waals surface area contributed by atoms with E-state index >= 15 is 0 Å². The molecule has 0 heterocycles. The number of hydrogen-bond donors (Lipinski definition) is 1. The average molecular weight is 270 g/mol. The first-order valence-electron chi connectivity index (χ1n) is 4.08. The second-order valence-electron chi connectivity index (χ2n) is 2.89. The second kappa shape index (κ2) is 4.97. The molecule has 88 valence electrons. The first kappa shape index (κ1) is 13.2. The van der Waals surface area contributed by atoms with Crippen LogP contribution in [-0.2, 0) is 11.0 Å². The minimum absolute atomic E-state index is 0.0705. The highest BCUT2D eigenvalue weighted by Crippen LogP contribution is 2.36. The zero-order valence-corrected chi connectivity index (χ0v) is 9.42.